The number of para-hydroxylation sites is 1. The van der Waals surface area contributed by atoms with E-state index >= 15 is 0 Å². The van der Waals surface area contributed by atoms with Crippen molar-refractivity contribution in [1.82, 2.24) is 4.57 Å². The Kier molecular flexibility index (Phi) is 4.58. The Morgan fingerprint density at radius 3 is 1.93 bits per heavy atom. The number of hydrogen-bond acceptors (Lipinski definition) is 2. The minimum atomic E-state index is 0.0103. The van der Waals surface area contributed by atoms with Gasteiger partial charge in [0, 0.05) is 30.6 Å². The lowest BCUT2D eigenvalue weighted by Crippen LogP contribution is -2.11. The maximum Gasteiger partial charge on any atom is 0.197 e. The van der Waals surface area contributed by atoms with Gasteiger partial charge in [0.1, 0.15) is 11.5 Å². The quantitative estimate of drug-likeness (QED) is 0.484. The zero-order valence-corrected chi connectivity index (χ0v) is 15.0. The molecule has 0 aliphatic rings. The molecule has 0 aliphatic carbocycles. The van der Waals surface area contributed by atoms with E-state index < -0.39 is 0 Å². The normalized spacial score (nSPS) is 10.6. The summed E-state index contributed by atoms with van der Waals surface area (Å²) in [5.41, 5.74) is 3.09. The Morgan fingerprint density at radius 1 is 0.667 bits per heavy atom. The molecule has 0 amide bonds. The highest BCUT2D eigenvalue weighted by atomic mass is 16.5. The van der Waals surface area contributed by atoms with Crippen molar-refractivity contribution in [3.05, 3.63) is 108 Å². The first-order chi connectivity index (χ1) is 13.2. The second kappa shape index (κ2) is 7.34. The van der Waals surface area contributed by atoms with Crippen molar-refractivity contribution in [3.8, 4) is 33.8 Å². The molecule has 3 aromatic carbocycles. The smallest absolute Gasteiger partial charge is 0.197 e. The van der Waals surface area contributed by atoms with Crippen LogP contribution in [0, 0.1) is 0 Å². The van der Waals surface area contributed by atoms with Crippen LogP contribution in [0.4, 0.5) is 0 Å². The van der Waals surface area contributed by atoms with E-state index in [1.807, 2.05) is 109 Å². The highest BCUT2D eigenvalue weighted by molar-refractivity contribution is 5.72. The minimum absolute atomic E-state index is 0.0103. The molecular weight excluding hydrogens is 334 g/mol. The molecule has 1 aromatic heterocycles. The van der Waals surface area contributed by atoms with Gasteiger partial charge in [-0.25, -0.2) is 0 Å². The second-order valence-electron chi connectivity index (χ2n) is 6.39. The molecule has 0 saturated heterocycles. The van der Waals surface area contributed by atoms with Crippen molar-refractivity contribution in [2.24, 2.45) is 7.05 Å². The van der Waals surface area contributed by atoms with Crippen LogP contribution < -0.4 is 10.2 Å². The molecule has 4 aromatic rings. The van der Waals surface area contributed by atoms with Crippen LogP contribution in [-0.4, -0.2) is 4.57 Å². The zero-order chi connectivity index (χ0) is 18.6. The van der Waals surface area contributed by atoms with Gasteiger partial charge < -0.3 is 9.30 Å². The summed E-state index contributed by atoms with van der Waals surface area (Å²) < 4.78 is 7.84. The number of aryl methyl sites for hydroxylation is 1. The van der Waals surface area contributed by atoms with Crippen LogP contribution in [0.2, 0.25) is 0 Å². The number of pyridine rings is 1. The van der Waals surface area contributed by atoms with Gasteiger partial charge in [0.25, 0.3) is 0 Å². The molecule has 0 bridgehead atoms. The summed E-state index contributed by atoms with van der Waals surface area (Å²) >= 11 is 0. The van der Waals surface area contributed by atoms with Gasteiger partial charge in [0.2, 0.25) is 0 Å². The standard InChI is InChI=1S/C24H19NO2/c1-25-16-22(18-9-4-2-5-10-18)24(26)23(17-25)19-11-8-14-21(15-19)27-20-12-6-3-7-13-20/h2-17H,1H3. The molecule has 132 valence electrons. The predicted octanol–water partition coefficient (Wildman–Crippen LogP) is 5.51. The van der Waals surface area contributed by atoms with E-state index in [2.05, 4.69) is 0 Å². The summed E-state index contributed by atoms with van der Waals surface area (Å²) in [4.78, 5) is 13.1. The third kappa shape index (κ3) is 3.67. The molecule has 4 rings (SSSR count). The van der Waals surface area contributed by atoms with Gasteiger partial charge in [0.05, 0.1) is 0 Å². The minimum Gasteiger partial charge on any atom is -0.457 e. The third-order valence-electron chi connectivity index (χ3n) is 4.36. The summed E-state index contributed by atoms with van der Waals surface area (Å²) in [6.07, 6.45) is 3.72. The van der Waals surface area contributed by atoms with Crippen molar-refractivity contribution in [3.63, 3.8) is 0 Å². The van der Waals surface area contributed by atoms with Crippen LogP contribution in [-0.2, 0) is 7.05 Å². The average molecular weight is 353 g/mol. The fraction of sp³-hybridized carbons (Fsp3) is 0.0417. The molecule has 0 radical (unpaired) electrons. The lowest BCUT2D eigenvalue weighted by atomic mass is 10.0. The van der Waals surface area contributed by atoms with Gasteiger partial charge in [-0.2, -0.15) is 0 Å². The molecule has 0 spiro atoms. The molecule has 27 heavy (non-hydrogen) atoms. The van der Waals surface area contributed by atoms with E-state index in [9.17, 15) is 4.79 Å². The number of rotatable bonds is 4. The fourth-order valence-electron chi connectivity index (χ4n) is 3.09. The molecule has 0 fully saturated rings. The molecule has 3 nitrogen and oxygen atoms in total. The third-order valence-corrected chi connectivity index (χ3v) is 4.36. The van der Waals surface area contributed by atoms with Crippen LogP contribution in [0.25, 0.3) is 22.3 Å². The summed E-state index contributed by atoms with van der Waals surface area (Å²) in [6.45, 7) is 0. The Balaban J connectivity index is 1.77. The summed E-state index contributed by atoms with van der Waals surface area (Å²) in [5, 5.41) is 0. The monoisotopic (exact) mass is 353 g/mol. The first-order valence-electron chi connectivity index (χ1n) is 8.80. The van der Waals surface area contributed by atoms with Crippen LogP contribution >= 0.6 is 0 Å². The highest BCUT2D eigenvalue weighted by Crippen LogP contribution is 2.27. The van der Waals surface area contributed by atoms with Crippen molar-refractivity contribution in [2.75, 3.05) is 0 Å². The number of hydrogen-bond donors (Lipinski definition) is 0. The Morgan fingerprint density at radius 2 is 1.22 bits per heavy atom. The summed E-state index contributed by atoms with van der Waals surface area (Å²) in [6, 6.07) is 27.0. The van der Waals surface area contributed by atoms with Crippen LogP contribution in [0.3, 0.4) is 0 Å². The number of benzene rings is 3. The van der Waals surface area contributed by atoms with Crippen molar-refractivity contribution in [1.29, 1.82) is 0 Å². The molecule has 0 atom stereocenters. The first kappa shape index (κ1) is 16.9. The van der Waals surface area contributed by atoms with Gasteiger partial charge in [-0.1, -0.05) is 60.7 Å². The molecule has 0 N–H and O–H groups in total. The lowest BCUT2D eigenvalue weighted by molar-refractivity contribution is 0.483. The van der Waals surface area contributed by atoms with Gasteiger partial charge >= 0.3 is 0 Å². The molecule has 1 heterocycles. The van der Waals surface area contributed by atoms with Gasteiger partial charge in [0.15, 0.2) is 5.43 Å². The molecule has 3 heteroatoms. The van der Waals surface area contributed by atoms with Crippen molar-refractivity contribution < 1.29 is 4.74 Å². The summed E-state index contributed by atoms with van der Waals surface area (Å²) in [5.74, 6) is 1.46. The van der Waals surface area contributed by atoms with E-state index in [-0.39, 0.29) is 5.43 Å². The largest absolute Gasteiger partial charge is 0.457 e. The zero-order valence-electron chi connectivity index (χ0n) is 15.0. The van der Waals surface area contributed by atoms with E-state index in [1.54, 1.807) is 0 Å². The summed E-state index contributed by atoms with van der Waals surface area (Å²) in [7, 11) is 1.93. The van der Waals surface area contributed by atoms with E-state index in [0.717, 1.165) is 16.9 Å². The van der Waals surface area contributed by atoms with Crippen molar-refractivity contribution >= 4 is 0 Å². The van der Waals surface area contributed by atoms with Gasteiger partial charge in [-0.3, -0.25) is 4.79 Å². The SMILES string of the molecule is Cn1cc(-c2ccccc2)c(=O)c(-c2cccc(Oc3ccccc3)c2)c1. The van der Waals surface area contributed by atoms with E-state index in [4.69, 9.17) is 4.74 Å². The molecular formula is C24H19NO2. The Bertz CT molecular complexity index is 1120. The van der Waals surface area contributed by atoms with E-state index in [1.165, 1.54) is 0 Å². The fourth-order valence-corrected chi connectivity index (χ4v) is 3.09. The molecule has 0 unspecified atom stereocenters. The maximum atomic E-state index is 13.1. The molecule has 0 saturated carbocycles. The van der Waals surface area contributed by atoms with Gasteiger partial charge in [-0.05, 0) is 35.4 Å². The topological polar surface area (TPSA) is 31.2 Å². The Hall–Kier alpha value is -3.59. The van der Waals surface area contributed by atoms with E-state index in [0.29, 0.717) is 16.9 Å². The number of aromatic nitrogens is 1. The number of nitrogens with zero attached hydrogens (tertiary/aromatic N) is 1. The molecule has 0 aliphatic heterocycles. The predicted molar refractivity (Wildman–Crippen MR) is 109 cm³/mol. The number of ether oxygens (including phenoxy) is 1. The van der Waals surface area contributed by atoms with Crippen LogP contribution in [0.5, 0.6) is 11.5 Å². The van der Waals surface area contributed by atoms with Crippen LogP contribution in [0.15, 0.2) is 102 Å². The highest BCUT2D eigenvalue weighted by Gasteiger charge is 2.11. The lowest BCUT2D eigenvalue weighted by Gasteiger charge is -2.11. The van der Waals surface area contributed by atoms with Crippen molar-refractivity contribution in [2.45, 2.75) is 0 Å². The Labute approximate surface area is 158 Å². The maximum absolute atomic E-state index is 13.1. The average Bonchev–Trinajstić information content (AvgIpc) is 2.71. The van der Waals surface area contributed by atoms with Crippen LogP contribution in [0.1, 0.15) is 0 Å². The van der Waals surface area contributed by atoms with Gasteiger partial charge in [-0.15, -0.1) is 0 Å². The first-order valence-corrected chi connectivity index (χ1v) is 8.80. The second-order valence-corrected chi connectivity index (χ2v) is 6.39.